The van der Waals surface area contributed by atoms with E-state index >= 15 is 0 Å². The molecule has 3 aromatic carbocycles. The first-order chi connectivity index (χ1) is 16.0. The van der Waals surface area contributed by atoms with Crippen molar-refractivity contribution in [2.24, 2.45) is 5.10 Å². The van der Waals surface area contributed by atoms with Crippen molar-refractivity contribution in [3.05, 3.63) is 82.4 Å². The van der Waals surface area contributed by atoms with E-state index in [2.05, 4.69) is 10.5 Å². The van der Waals surface area contributed by atoms with E-state index < -0.39 is 5.91 Å². The van der Waals surface area contributed by atoms with E-state index in [4.69, 9.17) is 30.5 Å². The minimum absolute atomic E-state index is 0.365. The number of amides is 1. The Hall–Kier alpha value is -3.71. The number of carbonyl (C=O) groups excluding carboxylic acids is 1. The SMILES string of the molecule is CCOc1cc(/C=N/NC(=O)c2cc(OC)cc(OC)c2)ccc1OCc1ccc(Cl)cc1. The van der Waals surface area contributed by atoms with E-state index in [0.717, 1.165) is 11.1 Å². The van der Waals surface area contributed by atoms with Crippen LogP contribution < -0.4 is 24.4 Å². The summed E-state index contributed by atoms with van der Waals surface area (Å²) in [7, 11) is 3.04. The number of nitrogens with zero attached hydrogens (tertiary/aromatic N) is 1. The summed E-state index contributed by atoms with van der Waals surface area (Å²) in [6.45, 7) is 2.75. The lowest BCUT2D eigenvalue weighted by Crippen LogP contribution is -2.17. The van der Waals surface area contributed by atoms with E-state index in [1.165, 1.54) is 20.4 Å². The van der Waals surface area contributed by atoms with Gasteiger partial charge in [-0.2, -0.15) is 5.10 Å². The Morgan fingerprint density at radius 2 is 1.64 bits per heavy atom. The van der Waals surface area contributed by atoms with Crippen LogP contribution in [0.3, 0.4) is 0 Å². The van der Waals surface area contributed by atoms with Crippen molar-refractivity contribution in [1.82, 2.24) is 5.43 Å². The molecule has 0 unspecified atom stereocenters. The fourth-order valence-electron chi connectivity index (χ4n) is 2.90. The van der Waals surface area contributed by atoms with Crippen LogP contribution in [0.5, 0.6) is 23.0 Å². The zero-order valence-corrected chi connectivity index (χ0v) is 19.4. The molecule has 0 aliphatic heterocycles. The molecule has 172 valence electrons. The van der Waals surface area contributed by atoms with E-state index in [1.807, 2.05) is 37.3 Å². The third-order valence-electron chi connectivity index (χ3n) is 4.57. The molecule has 3 rings (SSSR count). The van der Waals surface area contributed by atoms with Crippen LogP contribution in [0.4, 0.5) is 0 Å². The second-order valence-electron chi connectivity index (χ2n) is 6.85. The first-order valence-electron chi connectivity index (χ1n) is 10.2. The molecule has 7 nitrogen and oxygen atoms in total. The molecule has 0 heterocycles. The Labute approximate surface area is 197 Å². The maximum Gasteiger partial charge on any atom is 0.271 e. The molecule has 1 N–H and O–H groups in total. The normalized spacial score (nSPS) is 10.7. The van der Waals surface area contributed by atoms with Crippen LogP contribution in [-0.2, 0) is 6.61 Å². The summed E-state index contributed by atoms with van der Waals surface area (Å²) in [5.74, 6) is 1.82. The predicted octanol–water partition coefficient (Wildman–Crippen LogP) is 5.10. The van der Waals surface area contributed by atoms with Gasteiger partial charge in [-0.15, -0.1) is 0 Å². The lowest BCUT2D eigenvalue weighted by Gasteiger charge is -2.12. The van der Waals surface area contributed by atoms with Gasteiger partial charge in [0.15, 0.2) is 11.5 Å². The van der Waals surface area contributed by atoms with E-state index in [1.54, 1.807) is 30.3 Å². The second kappa shape index (κ2) is 11.8. The molecule has 8 heteroatoms. The van der Waals surface area contributed by atoms with Gasteiger partial charge in [-0.3, -0.25) is 4.79 Å². The Balaban J connectivity index is 1.67. The molecule has 1 amide bonds. The lowest BCUT2D eigenvalue weighted by atomic mass is 10.2. The Kier molecular flexibility index (Phi) is 8.55. The van der Waals surface area contributed by atoms with Crippen LogP contribution in [0, 0.1) is 0 Å². The van der Waals surface area contributed by atoms with Gasteiger partial charge in [0.05, 0.1) is 27.0 Å². The van der Waals surface area contributed by atoms with Gasteiger partial charge in [0, 0.05) is 16.7 Å². The maximum atomic E-state index is 12.4. The third kappa shape index (κ3) is 6.89. The zero-order valence-electron chi connectivity index (χ0n) is 18.6. The van der Waals surface area contributed by atoms with Crippen LogP contribution in [-0.4, -0.2) is 32.9 Å². The number of benzene rings is 3. The number of carbonyl (C=O) groups is 1. The molecule has 0 saturated carbocycles. The highest BCUT2D eigenvalue weighted by Crippen LogP contribution is 2.29. The summed E-state index contributed by atoms with van der Waals surface area (Å²) in [5.41, 5.74) is 4.60. The molecule has 0 bridgehead atoms. The van der Waals surface area contributed by atoms with Crippen molar-refractivity contribution >= 4 is 23.7 Å². The number of rotatable bonds is 10. The Morgan fingerprint density at radius 1 is 0.939 bits per heavy atom. The topological polar surface area (TPSA) is 78.4 Å². The minimum Gasteiger partial charge on any atom is -0.497 e. The summed E-state index contributed by atoms with van der Waals surface area (Å²) in [4.78, 5) is 12.4. The smallest absolute Gasteiger partial charge is 0.271 e. The van der Waals surface area contributed by atoms with Gasteiger partial charge >= 0.3 is 0 Å². The van der Waals surface area contributed by atoms with Crippen LogP contribution in [0.15, 0.2) is 65.8 Å². The van der Waals surface area contributed by atoms with Crippen molar-refractivity contribution in [3.63, 3.8) is 0 Å². The van der Waals surface area contributed by atoms with Gasteiger partial charge in [-0.05, 0) is 60.5 Å². The molecule has 0 atom stereocenters. The van der Waals surface area contributed by atoms with E-state index in [-0.39, 0.29) is 0 Å². The van der Waals surface area contributed by atoms with Gasteiger partial charge < -0.3 is 18.9 Å². The summed E-state index contributed by atoms with van der Waals surface area (Å²) in [6.07, 6.45) is 1.53. The summed E-state index contributed by atoms with van der Waals surface area (Å²) in [6, 6.07) is 17.8. The highest BCUT2D eigenvalue weighted by Gasteiger charge is 2.10. The molecule has 0 spiro atoms. The number of halogens is 1. The quantitative estimate of drug-likeness (QED) is 0.331. The van der Waals surface area contributed by atoms with E-state index in [0.29, 0.717) is 46.8 Å². The Morgan fingerprint density at radius 3 is 2.27 bits per heavy atom. The van der Waals surface area contributed by atoms with Crippen LogP contribution in [0.25, 0.3) is 0 Å². The lowest BCUT2D eigenvalue weighted by molar-refractivity contribution is 0.0954. The average Bonchev–Trinajstić information content (AvgIpc) is 2.84. The van der Waals surface area contributed by atoms with Crippen molar-refractivity contribution in [1.29, 1.82) is 0 Å². The molecular formula is C25H25ClN2O5. The van der Waals surface area contributed by atoms with Crippen LogP contribution in [0.2, 0.25) is 5.02 Å². The average molecular weight is 469 g/mol. The van der Waals surface area contributed by atoms with Gasteiger partial charge in [-0.25, -0.2) is 5.43 Å². The number of hydrogen-bond donors (Lipinski definition) is 1. The van der Waals surface area contributed by atoms with Gasteiger partial charge in [0.2, 0.25) is 0 Å². The van der Waals surface area contributed by atoms with Crippen LogP contribution >= 0.6 is 11.6 Å². The van der Waals surface area contributed by atoms with Crippen molar-refractivity contribution in [3.8, 4) is 23.0 Å². The van der Waals surface area contributed by atoms with Gasteiger partial charge in [0.25, 0.3) is 5.91 Å². The van der Waals surface area contributed by atoms with Crippen molar-refractivity contribution in [2.45, 2.75) is 13.5 Å². The number of ether oxygens (including phenoxy) is 4. The second-order valence-corrected chi connectivity index (χ2v) is 7.29. The Bertz CT molecular complexity index is 1090. The highest BCUT2D eigenvalue weighted by molar-refractivity contribution is 6.30. The largest absolute Gasteiger partial charge is 0.497 e. The standard InChI is InChI=1S/C25H25ClN2O5/c1-4-32-24-11-18(7-10-23(24)33-16-17-5-8-20(26)9-6-17)15-27-28-25(29)19-12-21(30-2)14-22(13-19)31-3/h5-15H,4,16H2,1-3H3,(H,28,29)/b27-15+. The molecule has 0 aromatic heterocycles. The first-order valence-corrected chi connectivity index (χ1v) is 10.6. The summed E-state index contributed by atoms with van der Waals surface area (Å²) >= 11 is 5.93. The van der Waals surface area contributed by atoms with Gasteiger partial charge in [0.1, 0.15) is 18.1 Å². The minimum atomic E-state index is -0.392. The zero-order chi connectivity index (χ0) is 23.6. The van der Waals surface area contributed by atoms with Crippen molar-refractivity contribution < 1.29 is 23.7 Å². The van der Waals surface area contributed by atoms with Crippen LogP contribution in [0.1, 0.15) is 28.4 Å². The highest BCUT2D eigenvalue weighted by atomic mass is 35.5. The van der Waals surface area contributed by atoms with E-state index in [9.17, 15) is 4.79 Å². The molecule has 0 aliphatic carbocycles. The number of hydrazone groups is 1. The molecule has 33 heavy (non-hydrogen) atoms. The summed E-state index contributed by atoms with van der Waals surface area (Å²) < 4.78 is 22.0. The molecule has 0 aliphatic rings. The van der Waals surface area contributed by atoms with Gasteiger partial charge in [-0.1, -0.05) is 23.7 Å². The number of nitrogens with one attached hydrogen (secondary N) is 1. The first kappa shape index (κ1) is 23.9. The molecule has 0 radical (unpaired) electrons. The fourth-order valence-corrected chi connectivity index (χ4v) is 3.03. The molecule has 0 fully saturated rings. The molecule has 0 saturated heterocycles. The molecule has 3 aromatic rings. The fraction of sp³-hybridized carbons (Fsp3) is 0.200. The molecular weight excluding hydrogens is 444 g/mol. The predicted molar refractivity (Wildman–Crippen MR) is 128 cm³/mol. The maximum absolute atomic E-state index is 12.4. The summed E-state index contributed by atoms with van der Waals surface area (Å²) in [5, 5.41) is 4.72. The number of hydrogen-bond acceptors (Lipinski definition) is 6. The monoisotopic (exact) mass is 468 g/mol. The third-order valence-corrected chi connectivity index (χ3v) is 4.82. The number of methoxy groups -OCH3 is 2. The van der Waals surface area contributed by atoms with Crippen molar-refractivity contribution in [2.75, 3.05) is 20.8 Å².